The number of likely N-dealkylation sites (tertiary alicyclic amines) is 1. The maximum Gasteiger partial charge on any atom is 0.231 e. The largest absolute Gasteiger partial charge is 0.350 e. The van der Waals surface area contributed by atoms with E-state index in [0.717, 1.165) is 32.5 Å². The summed E-state index contributed by atoms with van der Waals surface area (Å²) < 4.78 is 0. The zero-order valence-corrected chi connectivity index (χ0v) is 14.9. The molecule has 0 aliphatic carbocycles. The van der Waals surface area contributed by atoms with Gasteiger partial charge in [0.25, 0.3) is 0 Å². The highest BCUT2D eigenvalue weighted by Crippen LogP contribution is 2.33. The van der Waals surface area contributed by atoms with Crippen molar-refractivity contribution in [1.29, 1.82) is 5.41 Å². The summed E-state index contributed by atoms with van der Waals surface area (Å²) in [5, 5.41) is 11.3. The molecule has 5 nitrogen and oxygen atoms in total. The maximum atomic E-state index is 12.2. The monoisotopic (exact) mass is 328 g/mol. The molecular formula is C19H28N4O. The Morgan fingerprint density at radius 2 is 2.21 bits per heavy atom. The molecular weight excluding hydrogens is 300 g/mol. The average Bonchev–Trinajstić information content (AvgIpc) is 2.53. The van der Waals surface area contributed by atoms with E-state index in [1.165, 1.54) is 16.0 Å². The van der Waals surface area contributed by atoms with Crippen LogP contribution in [0.4, 0.5) is 0 Å². The number of piperidine rings is 1. The fraction of sp³-hybridized carbons (Fsp3) is 0.579. The van der Waals surface area contributed by atoms with E-state index in [1.807, 2.05) is 0 Å². The third kappa shape index (κ3) is 3.46. The first-order valence-corrected chi connectivity index (χ1v) is 8.78. The molecule has 2 aliphatic heterocycles. The molecule has 2 fully saturated rings. The summed E-state index contributed by atoms with van der Waals surface area (Å²) in [6.45, 7) is 7.27. The van der Waals surface area contributed by atoms with Crippen molar-refractivity contribution in [3.8, 4) is 0 Å². The molecule has 3 rings (SSSR count). The van der Waals surface area contributed by atoms with Gasteiger partial charge in [-0.1, -0.05) is 29.8 Å². The molecule has 2 saturated heterocycles. The van der Waals surface area contributed by atoms with Crippen molar-refractivity contribution >= 4 is 11.9 Å². The van der Waals surface area contributed by atoms with Crippen LogP contribution < -0.4 is 5.32 Å². The lowest BCUT2D eigenvalue weighted by Crippen LogP contribution is -2.64. The van der Waals surface area contributed by atoms with Crippen LogP contribution in [0, 0.1) is 18.3 Å². The molecule has 2 aliphatic rings. The minimum atomic E-state index is -0.314. The SMILES string of the molecule is Cc1cccc(CN2CCCC([C@]3(C)CC(=O)N(C)C(=N)N3)C2)c1. The summed E-state index contributed by atoms with van der Waals surface area (Å²) in [7, 11) is 1.67. The van der Waals surface area contributed by atoms with Crippen molar-refractivity contribution in [3.63, 3.8) is 0 Å². The van der Waals surface area contributed by atoms with E-state index in [0.29, 0.717) is 12.3 Å². The second-order valence-electron chi connectivity index (χ2n) is 7.58. The number of nitrogens with one attached hydrogen (secondary N) is 2. The molecule has 2 N–H and O–H groups in total. The molecule has 1 aromatic rings. The van der Waals surface area contributed by atoms with Gasteiger partial charge in [-0.2, -0.15) is 0 Å². The van der Waals surface area contributed by atoms with Gasteiger partial charge < -0.3 is 5.32 Å². The number of hydrogen-bond acceptors (Lipinski definition) is 3. The number of guanidine groups is 1. The van der Waals surface area contributed by atoms with Crippen LogP contribution in [0.5, 0.6) is 0 Å². The molecule has 1 unspecified atom stereocenters. The van der Waals surface area contributed by atoms with Crippen LogP contribution in [-0.2, 0) is 11.3 Å². The molecule has 1 amide bonds. The topological polar surface area (TPSA) is 59.4 Å². The summed E-state index contributed by atoms with van der Waals surface area (Å²) >= 11 is 0. The predicted octanol–water partition coefficient (Wildman–Crippen LogP) is 2.35. The lowest BCUT2D eigenvalue weighted by Gasteiger charge is -2.47. The molecule has 1 aromatic carbocycles. The highest BCUT2D eigenvalue weighted by Gasteiger charge is 2.43. The predicted molar refractivity (Wildman–Crippen MR) is 95.8 cm³/mol. The number of carbonyl (C=O) groups excluding carboxylic acids is 1. The molecule has 0 aromatic heterocycles. The lowest BCUT2D eigenvalue weighted by molar-refractivity contribution is -0.130. The highest BCUT2D eigenvalue weighted by atomic mass is 16.2. The van der Waals surface area contributed by atoms with Gasteiger partial charge in [-0.3, -0.25) is 20.0 Å². The van der Waals surface area contributed by atoms with E-state index >= 15 is 0 Å². The smallest absolute Gasteiger partial charge is 0.231 e. The van der Waals surface area contributed by atoms with E-state index in [-0.39, 0.29) is 17.4 Å². The Kier molecular flexibility index (Phi) is 4.63. The Morgan fingerprint density at radius 3 is 2.92 bits per heavy atom. The normalized spacial score (nSPS) is 28.8. The second-order valence-corrected chi connectivity index (χ2v) is 7.58. The van der Waals surface area contributed by atoms with Crippen LogP contribution in [0.1, 0.15) is 37.3 Å². The molecule has 130 valence electrons. The Morgan fingerprint density at radius 1 is 1.42 bits per heavy atom. The average molecular weight is 328 g/mol. The fourth-order valence-corrected chi connectivity index (χ4v) is 3.99. The summed E-state index contributed by atoms with van der Waals surface area (Å²) in [5.41, 5.74) is 2.33. The van der Waals surface area contributed by atoms with Gasteiger partial charge in [0.15, 0.2) is 5.96 Å². The van der Waals surface area contributed by atoms with Gasteiger partial charge >= 0.3 is 0 Å². The number of carbonyl (C=O) groups is 1. The first-order valence-electron chi connectivity index (χ1n) is 8.78. The van der Waals surface area contributed by atoms with Gasteiger partial charge in [-0.15, -0.1) is 0 Å². The summed E-state index contributed by atoms with van der Waals surface area (Å²) in [5.74, 6) is 0.649. The Balaban J connectivity index is 1.69. The van der Waals surface area contributed by atoms with Crippen LogP contribution in [0.25, 0.3) is 0 Å². The summed E-state index contributed by atoms with van der Waals surface area (Å²) in [6, 6.07) is 8.68. The number of amides is 1. The molecule has 5 heteroatoms. The van der Waals surface area contributed by atoms with Crippen LogP contribution in [0.2, 0.25) is 0 Å². The number of rotatable bonds is 3. The summed E-state index contributed by atoms with van der Waals surface area (Å²) in [6.07, 6.45) is 2.72. The van der Waals surface area contributed by atoms with Gasteiger partial charge in [-0.05, 0) is 44.7 Å². The molecule has 0 radical (unpaired) electrons. The molecule has 0 spiro atoms. The first kappa shape index (κ1) is 17.0. The van der Waals surface area contributed by atoms with Gasteiger partial charge in [0.1, 0.15) is 0 Å². The number of aryl methyl sites for hydroxylation is 1. The van der Waals surface area contributed by atoms with E-state index in [1.54, 1.807) is 7.05 Å². The van der Waals surface area contributed by atoms with Crippen LogP contribution >= 0.6 is 0 Å². The van der Waals surface area contributed by atoms with Gasteiger partial charge in [0.2, 0.25) is 5.91 Å². The van der Waals surface area contributed by atoms with Crippen LogP contribution in [0.15, 0.2) is 24.3 Å². The molecule has 0 bridgehead atoms. The van der Waals surface area contributed by atoms with Crippen molar-refractivity contribution in [1.82, 2.24) is 15.1 Å². The zero-order chi connectivity index (χ0) is 17.3. The minimum Gasteiger partial charge on any atom is -0.350 e. The molecule has 24 heavy (non-hydrogen) atoms. The first-order chi connectivity index (χ1) is 11.4. The van der Waals surface area contributed by atoms with E-state index in [2.05, 4.69) is 48.3 Å². The number of nitrogens with zero attached hydrogens (tertiary/aromatic N) is 2. The van der Waals surface area contributed by atoms with Crippen molar-refractivity contribution in [3.05, 3.63) is 35.4 Å². The highest BCUT2D eigenvalue weighted by molar-refractivity contribution is 5.98. The van der Waals surface area contributed by atoms with Gasteiger partial charge in [0.05, 0.1) is 12.0 Å². The van der Waals surface area contributed by atoms with Crippen LogP contribution in [-0.4, -0.2) is 47.3 Å². The van der Waals surface area contributed by atoms with E-state index < -0.39 is 0 Å². The minimum absolute atomic E-state index is 0.0389. The Labute approximate surface area is 144 Å². The van der Waals surface area contributed by atoms with Gasteiger partial charge in [0, 0.05) is 20.1 Å². The third-order valence-corrected chi connectivity index (χ3v) is 5.53. The van der Waals surface area contributed by atoms with Crippen molar-refractivity contribution in [2.45, 2.75) is 45.2 Å². The van der Waals surface area contributed by atoms with E-state index in [9.17, 15) is 4.79 Å². The van der Waals surface area contributed by atoms with Gasteiger partial charge in [-0.25, -0.2) is 0 Å². The fourth-order valence-electron chi connectivity index (χ4n) is 3.99. The molecule has 2 heterocycles. The Hall–Kier alpha value is -1.88. The van der Waals surface area contributed by atoms with Crippen molar-refractivity contribution < 1.29 is 4.79 Å². The zero-order valence-electron chi connectivity index (χ0n) is 14.9. The maximum absolute atomic E-state index is 12.2. The summed E-state index contributed by atoms with van der Waals surface area (Å²) in [4.78, 5) is 16.1. The number of benzene rings is 1. The lowest BCUT2D eigenvalue weighted by atomic mass is 9.76. The number of hydrogen-bond donors (Lipinski definition) is 2. The van der Waals surface area contributed by atoms with Crippen molar-refractivity contribution in [2.75, 3.05) is 20.1 Å². The standard InChI is InChI=1S/C19H28N4O/c1-14-6-4-7-15(10-14)12-23-9-5-8-16(13-23)19(2)11-17(24)22(3)18(20)21-19/h4,6-7,10,16H,5,8-9,11-13H2,1-3H3,(H2,20,21)/t16?,19-/m0/s1. The molecule has 2 atom stereocenters. The second kappa shape index (κ2) is 6.55. The van der Waals surface area contributed by atoms with E-state index in [4.69, 9.17) is 5.41 Å². The Bertz CT molecular complexity index is 624. The molecule has 0 saturated carbocycles. The van der Waals surface area contributed by atoms with Crippen molar-refractivity contribution in [2.24, 2.45) is 5.92 Å². The quantitative estimate of drug-likeness (QED) is 0.895. The third-order valence-electron chi connectivity index (χ3n) is 5.53. The van der Waals surface area contributed by atoms with Crippen LogP contribution in [0.3, 0.4) is 0 Å².